The molecule has 1 amide bonds. The van der Waals surface area contributed by atoms with E-state index in [0.717, 1.165) is 21.3 Å². The van der Waals surface area contributed by atoms with Gasteiger partial charge >= 0.3 is 0 Å². The van der Waals surface area contributed by atoms with Crippen molar-refractivity contribution in [2.45, 2.75) is 13.0 Å². The van der Waals surface area contributed by atoms with Crippen molar-refractivity contribution in [3.05, 3.63) is 64.1 Å². The Morgan fingerprint density at radius 3 is 2.47 bits per heavy atom. The SMILES string of the molecule is Cc1cc(C(Nc2ccccc2)C(N)=O)ccc1Br. The second-order valence-electron chi connectivity index (χ2n) is 4.35. The average molecular weight is 319 g/mol. The van der Waals surface area contributed by atoms with Crippen LogP contribution < -0.4 is 11.1 Å². The number of anilines is 1. The Kier molecular flexibility index (Phi) is 4.22. The lowest BCUT2D eigenvalue weighted by Crippen LogP contribution is -2.27. The van der Waals surface area contributed by atoms with Crippen LogP contribution in [0.4, 0.5) is 5.69 Å². The topological polar surface area (TPSA) is 55.1 Å². The molecule has 98 valence electrons. The van der Waals surface area contributed by atoms with Crippen LogP contribution in [0.2, 0.25) is 0 Å². The van der Waals surface area contributed by atoms with Crippen molar-refractivity contribution in [3.63, 3.8) is 0 Å². The predicted octanol–water partition coefficient (Wildman–Crippen LogP) is 3.40. The Morgan fingerprint density at radius 2 is 1.89 bits per heavy atom. The van der Waals surface area contributed by atoms with E-state index in [1.54, 1.807) is 0 Å². The van der Waals surface area contributed by atoms with Crippen LogP contribution in [0, 0.1) is 6.92 Å². The number of para-hydroxylation sites is 1. The normalized spacial score (nSPS) is 11.9. The molecule has 1 unspecified atom stereocenters. The zero-order valence-corrected chi connectivity index (χ0v) is 12.1. The third-order valence-corrected chi connectivity index (χ3v) is 3.77. The first-order valence-corrected chi connectivity index (χ1v) is 6.74. The second-order valence-corrected chi connectivity index (χ2v) is 5.21. The van der Waals surface area contributed by atoms with E-state index in [1.165, 1.54) is 0 Å². The number of carbonyl (C=O) groups excluding carboxylic acids is 1. The van der Waals surface area contributed by atoms with Gasteiger partial charge in [0.25, 0.3) is 0 Å². The molecule has 0 fully saturated rings. The summed E-state index contributed by atoms with van der Waals surface area (Å²) < 4.78 is 1.01. The maximum absolute atomic E-state index is 11.6. The summed E-state index contributed by atoms with van der Waals surface area (Å²) in [6.07, 6.45) is 0. The Balaban J connectivity index is 2.30. The highest BCUT2D eigenvalue weighted by molar-refractivity contribution is 9.10. The van der Waals surface area contributed by atoms with E-state index in [9.17, 15) is 4.79 Å². The van der Waals surface area contributed by atoms with Crippen LogP contribution in [0.5, 0.6) is 0 Å². The van der Waals surface area contributed by atoms with Gasteiger partial charge in [-0.25, -0.2) is 0 Å². The monoisotopic (exact) mass is 318 g/mol. The lowest BCUT2D eigenvalue weighted by atomic mass is 10.0. The molecule has 3 nitrogen and oxygen atoms in total. The number of amides is 1. The van der Waals surface area contributed by atoms with E-state index in [4.69, 9.17) is 5.73 Å². The summed E-state index contributed by atoms with van der Waals surface area (Å²) in [6.45, 7) is 1.98. The van der Waals surface area contributed by atoms with Crippen molar-refractivity contribution >= 4 is 27.5 Å². The number of carbonyl (C=O) groups is 1. The zero-order chi connectivity index (χ0) is 13.8. The molecule has 0 saturated carbocycles. The molecule has 2 rings (SSSR count). The van der Waals surface area contributed by atoms with E-state index in [-0.39, 0.29) is 0 Å². The summed E-state index contributed by atoms with van der Waals surface area (Å²) in [5.41, 5.74) is 8.29. The molecule has 4 heteroatoms. The number of halogens is 1. The fourth-order valence-corrected chi connectivity index (χ4v) is 2.11. The van der Waals surface area contributed by atoms with E-state index in [1.807, 2.05) is 55.5 Å². The summed E-state index contributed by atoms with van der Waals surface area (Å²) in [4.78, 5) is 11.6. The van der Waals surface area contributed by atoms with Gasteiger partial charge in [-0.2, -0.15) is 0 Å². The van der Waals surface area contributed by atoms with Gasteiger partial charge in [0, 0.05) is 10.2 Å². The van der Waals surface area contributed by atoms with Crippen LogP contribution in [-0.4, -0.2) is 5.91 Å². The van der Waals surface area contributed by atoms with Crippen LogP contribution in [-0.2, 0) is 4.79 Å². The van der Waals surface area contributed by atoms with Gasteiger partial charge in [-0.05, 0) is 36.2 Å². The highest BCUT2D eigenvalue weighted by Gasteiger charge is 2.18. The predicted molar refractivity (Wildman–Crippen MR) is 80.9 cm³/mol. The number of benzene rings is 2. The maximum Gasteiger partial charge on any atom is 0.244 e. The molecule has 2 aromatic rings. The molecule has 0 bridgehead atoms. The highest BCUT2D eigenvalue weighted by Crippen LogP contribution is 2.24. The Hall–Kier alpha value is -1.81. The summed E-state index contributed by atoms with van der Waals surface area (Å²) in [7, 11) is 0. The molecule has 2 aromatic carbocycles. The third-order valence-electron chi connectivity index (χ3n) is 2.88. The van der Waals surface area contributed by atoms with Crippen LogP contribution in [0.15, 0.2) is 53.0 Å². The molecule has 0 radical (unpaired) electrons. The van der Waals surface area contributed by atoms with E-state index in [2.05, 4.69) is 21.2 Å². The van der Waals surface area contributed by atoms with Crippen LogP contribution in [0.25, 0.3) is 0 Å². The highest BCUT2D eigenvalue weighted by atomic mass is 79.9. The lowest BCUT2D eigenvalue weighted by molar-refractivity contribution is -0.118. The largest absolute Gasteiger partial charge is 0.370 e. The summed E-state index contributed by atoms with van der Waals surface area (Å²) >= 11 is 3.45. The second kappa shape index (κ2) is 5.89. The van der Waals surface area contributed by atoms with Gasteiger partial charge < -0.3 is 11.1 Å². The molecule has 3 N–H and O–H groups in total. The first-order chi connectivity index (χ1) is 9.08. The van der Waals surface area contributed by atoms with Gasteiger partial charge in [-0.1, -0.05) is 46.3 Å². The minimum absolute atomic E-state index is 0.398. The first-order valence-electron chi connectivity index (χ1n) is 5.95. The van der Waals surface area contributed by atoms with Crippen molar-refractivity contribution in [1.82, 2.24) is 0 Å². The fourth-order valence-electron chi connectivity index (χ4n) is 1.87. The molecule has 0 aliphatic rings. The average Bonchev–Trinajstić information content (AvgIpc) is 2.40. The van der Waals surface area contributed by atoms with Gasteiger partial charge in [0.2, 0.25) is 5.91 Å². The van der Waals surface area contributed by atoms with Gasteiger partial charge in [0.05, 0.1) is 0 Å². The summed E-state index contributed by atoms with van der Waals surface area (Å²) in [5.74, 6) is -0.398. The van der Waals surface area contributed by atoms with E-state index < -0.39 is 11.9 Å². The molecular weight excluding hydrogens is 304 g/mol. The van der Waals surface area contributed by atoms with Crippen molar-refractivity contribution in [2.24, 2.45) is 5.73 Å². The molecule has 0 heterocycles. The smallest absolute Gasteiger partial charge is 0.244 e. The van der Waals surface area contributed by atoms with Crippen LogP contribution >= 0.6 is 15.9 Å². The summed E-state index contributed by atoms with van der Waals surface area (Å²) in [6, 6.07) is 14.8. The van der Waals surface area contributed by atoms with Crippen LogP contribution in [0.3, 0.4) is 0 Å². The molecule has 0 aliphatic heterocycles. The number of rotatable bonds is 4. The van der Waals surface area contributed by atoms with E-state index >= 15 is 0 Å². The van der Waals surface area contributed by atoms with Crippen molar-refractivity contribution in [2.75, 3.05) is 5.32 Å². The number of nitrogens with two attached hydrogens (primary N) is 1. The van der Waals surface area contributed by atoms with Gasteiger partial charge in [-0.15, -0.1) is 0 Å². The number of primary amides is 1. The number of nitrogens with one attached hydrogen (secondary N) is 1. The minimum Gasteiger partial charge on any atom is -0.370 e. The maximum atomic E-state index is 11.6. The van der Waals surface area contributed by atoms with E-state index in [0.29, 0.717) is 0 Å². The minimum atomic E-state index is -0.533. The molecule has 19 heavy (non-hydrogen) atoms. The standard InChI is InChI=1S/C15H15BrN2O/c1-10-9-11(7-8-13(10)16)14(15(17)19)18-12-5-3-2-4-6-12/h2-9,14,18H,1H3,(H2,17,19). The van der Waals surface area contributed by atoms with Crippen molar-refractivity contribution in [3.8, 4) is 0 Å². The lowest BCUT2D eigenvalue weighted by Gasteiger charge is -2.18. The molecule has 0 aromatic heterocycles. The molecule has 0 spiro atoms. The zero-order valence-electron chi connectivity index (χ0n) is 10.6. The Bertz CT molecular complexity index is 584. The first kappa shape index (κ1) is 13.6. The summed E-state index contributed by atoms with van der Waals surface area (Å²) in [5, 5.41) is 3.15. The van der Waals surface area contributed by atoms with Gasteiger partial charge in [0.1, 0.15) is 6.04 Å². The Morgan fingerprint density at radius 1 is 1.21 bits per heavy atom. The molecular formula is C15H15BrN2O. The third kappa shape index (κ3) is 3.35. The van der Waals surface area contributed by atoms with Gasteiger partial charge in [0.15, 0.2) is 0 Å². The number of aryl methyl sites for hydroxylation is 1. The Labute approximate surface area is 121 Å². The molecule has 1 atom stereocenters. The van der Waals surface area contributed by atoms with Crippen molar-refractivity contribution < 1.29 is 4.79 Å². The van der Waals surface area contributed by atoms with Crippen LogP contribution in [0.1, 0.15) is 17.2 Å². The molecule has 0 aliphatic carbocycles. The number of hydrogen-bond acceptors (Lipinski definition) is 2. The van der Waals surface area contributed by atoms with Gasteiger partial charge in [-0.3, -0.25) is 4.79 Å². The fraction of sp³-hybridized carbons (Fsp3) is 0.133. The quantitative estimate of drug-likeness (QED) is 0.907. The van der Waals surface area contributed by atoms with Crippen molar-refractivity contribution in [1.29, 1.82) is 0 Å². The molecule has 0 saturated heterocycles. The number of hydrogen-bond donors (Lipinski definition) is 2.